The van der Waals surface area contributed by atoms with Crippen LogP contribution in [0.5, 0.6) is 0 Å². The van der Waals surface area contributed by atoms with E-state index in [2.05, 4.69) is 5.32 Å². The Morgan fingerprint density at radius 1 is 1.26 bits per heavy atom. The summed E-state index contributed by atoms with van der Waals surface area (Å²) in [5, 5.41) is 3.27. The fourth-order valence-corrected chi connectivity index (χ4v) is 2.50. The summed E-state index contributed by atoms with van der Waals surface area (Å²) in [6, 6.07) is 0.0438. The van der Waals surface area contributed by atoms with Crippen molar-refractivity contribution in [3.05, 3.63) is 0 Å². The fraction of sp³-hybridized carbons (Fsp3) is 0.846. The number of urea groups is 1. The molecule has 2 saturated heterocycles. The van der Waals surface area contributed by atoms with Gasteiger partial charge in [-0.2, -0.15) is 0 Å². The van der Waals surface area contributed by atoms with Crippen LogP contribution in [0.4, 0.5) is 9.59 Å². The topological polar surface area (TPSA) is 61.9 Å². The molecule has 0 aromatic rings. The molecule has 1 N–H and O–H groups in total. The van der Waals surface area contributed by atoms with Crippen molar-refractivity contribution in [2.45, 2.75) is 45.3 Å². The fourth-order valence-electron chi connectivity index (χ4n) is 2.50. The maximum atomic E-state index is 12.3. The molecule has 2 aliphatic heterocycles. The molecule has 0 aliphatic carbocycles. The number of nitrogens with one attached hydrogen (secondary N) is 1. The van der Waals surface area contributed by atoms with Gasteiger partial charge in [0.2, 0.25) is 0 Å². The lowest BCUT2D eigenvalue weighted by Gasteiger charge is -2.31. The van der Waals surface area contributed by atoms with E-state index in [0.29, 0.717) is 13.1 Å². The first kappa shape index (κ1) is 14.1. The van der Waals surface area contributed by atoms with Gasteiger partial charge in [0.15, 0.2) is 0 Å². The third-order valence-electron chi connectivity index (χ3n) is 3.40. The van der Waals surface area contributed by atoms with E-state index in [4.69, 9.17) is 4.74 Å². The summed E-state index contributed by atoms with van der Waals surface area (Å²) in [5.74, 6) is 0. The van der Waals surface area contributed by atoms with Crippen LogP contribution in [-0.4, -0.2) is 59.7 Å². The molecule has 0 radical (unpaired) electrons. The molecule has 3 amide bonds. The van der Waals surface area contributed by atoms with E-state index in [9.17, 15) is 9.59 Å². The highest BCUT2D eigenvalue weighted by Gasteiger charge is 2.39. The van der Waals surface area contributed by atoms with Gasteiger partial charge >= 0.3 is 12.1 Å². The highest BCUT2D eigenvalue weighted by atomic mass is 16.6. The summed E-state index contributed by atoms with van der Waals surface area (Å²) in [6.45, 7) is 8.31. The zero-order valence-corrected chi connectivity index (χ0v) is 11.9. The van der Waals surface area contributed by atoms with Crippen LogP contribution >= 0.6 is 0 Å². The normalized spacial score (nSPS) is 21.9. The number of carbonyl (C=O) groups is 2. The number of hydrogen-bond donors (Lipinski definition) is 1. The molecule has 2 heterocycles. The predicted molar refractivity (Wildman–Crippen MR) is 70.9 cm³/mol. The number of nitrogens with zero attached hydrogens (tertiary/aromatic N) is 2. The zero-order chi connectivity index (χ0) is 14.0. The van der Waals surface area contributed by atoms with Crippen LogP contribution in [0.1, 0.15) is 33.6 Å². The second-order valence-corrected chi connectivity index (χ2v) is 6.09. The zero-order valence-electron chi connectivity index (χ0n) is 11.9. The molecule has 2 aliphatic rings. The van der Waals surface area contributed by atoms with E-state index in [0.717, 1.165) is 25.9 Å². The minimum atomic E-state index is -0.570. The first-order chi connectivity index (χ1) is 8.88. The molecule has 0 aromatic carbocycles. The monoisotopic (exact) mass is 269 g/mol. The number of carbonyl (C=O) groups excluding carboxylic acids is 2. The number of hydrogen-bond acceptors (Lipinski definition) is 4. The second-order valence-electron chi connectivity index (χ2n) is 6.09. The van der Waals surface area contributed by atoms with Crippen LogP contribution < -0.4 is 5.32 Å². The molecule has 2 fully saturated rings. The van der Waals surface area contributed by atoms with Gasteiger partial charge in [0.05, 0.1) is 6.54 Å². The maximum absolute atomic E-state index is 12.3. The lowest BCUT2D eigenvalue weighted by molar-refractivity contribution is 0.0345. The Balaban J connectivity index is 1.95. The highest BCUT2D eigenvalue weighted by molar-refractivity contribution is 5.92. The van der Waals surface area contributed by atoms with Crippen LogP contribution in [-0.2, 0) is 4.74 Å². The summed E-state index contributed by atoms with van der Waals surface area (Å²) in [5.41, 5.74) is -0.570. The van der Waals surface area contributed by atoms with Crippen molar-refractivity contribution in [3.8, 4) is 0 Å². The molecule has 19 heavy (non-hydrogen) atoms. The van der Waals surface area contributed by atoms with Gasteiger partial charge in [-0.25, -0.2) is 14.5 Å². The van der Waals surface area contributed by atoms with E-state index < -0.39 is 11.7 Å². The summed E-state index contributed by atoms with van der Waals surface area (Å²) in [4.78, 5) is 27.2. The van der Waals surface area contributed by atoms with Crippen molar-refractivity contribution in [1.82, 2.24) is 15.1 Å². The molecule has 0 bridgehead atoms. The third-order valence-corrected chi connectivity index (χ3v) is 3.40. The minimum Gasteiger partial charge on any atom is -0.443 e. The minimum absolute atomic E-state index is 0.207. The van der Waals surface area contributed by atoms with E-state index in [1.54, 1.807) is 20.8 Å². The second kappa shape index (κ2) is 5.36. The molecule has 0 spiro atoms. The Hall–Kier alpha value is -1.30. The number of amides is 3. The van der Waals surface area contributed by atoms with Crippen LogP contribution in [0.3, 0.4) is 0 Å². The van der Waals surface area contributed by atoms with Crippen LogP contribution in [0.25, 0.3) is 0 Å². The highest BCUT2D eigenvalue weighted by Crippen LogP contribution is 2.20. The molecule has 2 rings (SSSR count). The van der Waals surface area contributed by atoms with E-state index >= 15 is 0 Å². The SMILES string of the molecule is CC(C)(C)OC(=O)N1CCN(C2CCNCC2)C1=O. The van der Waals surface area contributed by atoms with Gasteiger partial charge < -0.3 is 15.0 Å². The van der Waals surface area contributed by atoms with Gasteiger partial charge in [-0.05, 0) is 46.7 Å². The van der Waals surface area contributed by atoms with Gasteiger partial charge in [0.25, 0.3) is 0 Å². The summed E-state index contributed by atoms with van der Waals surface area (Å²) >= 11 is 0. The van der Waals surface area contributed by atoms with Crippen molar-refractivity contribution < 1.29 is 14.3 Å². The Morgan fingerprint density at radius 3 is 2.47 bits per heavy atom. The van der Waals surface area contributed by atoms with Crippen molar-refractivity contribution in [1.29, 1.82) is 0 Å². The van der Waals surface area contributed by atoms with E-state index in [1.165, 1.54) is 4.90 Å². The molecule has 0 unspecified atom stereocenters. The third kappa shape index (κ3) is 3.37. The van der Waals surface area contributed by atoms with Gasteiger partial charge in [-0.15, -0.1) is 0 Å². The average molecular weight is 269 g/mol. The summed E-state index contributed by atoms with van der Waals surface area (Å²) in [7, 11) is 0. The van der Waals surface area contributed by atoms with Gasteiger partial charge in [-0.3, -0.25) is 0 Å². The van der Waals surface area contributed by atoms with Gasteiger partial charge in [-0.1, -0.05) is 0 Å². The van der Waals surface area contributed by atoms with Gasteiger partial charge in [0.1, 0.15) is 5.60 Å². The van der Waals surface area contributed by atoms with E-state index in [-0.39, 0.29) is 12.1 Å². The average Bonchev–Trinajstić information content (AvgIpc) is 2.70. The first-order valence-electron chi connectivity index (χ1n) is 6.90. The number of rotatable bonds is 1. The molecule has 0 saturated carbocycles. The largest absolute Gasteiger partial charge is 0.443 e. The van der Waals surface area contributed by atoms with Crippen molar-refractivity contribution in [2.24, 2.45) is 0 Å². The smallest absolute Gasteiger partial charge is 0.418 e. The number of piperidine rings is 1. The van der Waals surface area contributed by atoms with Crippen molar-refractivity contribution in [2.75, 3.05) is 26.2 Å². The Kier molecular flexibility index (Phi) is 3.99. The summed E-state index contributed by atoms with van der Waals surface area (Å²) in [6.07, 6.45) is 1.37. The molecule has 6 nitrogen and oxygen atoms in total. The number of imide groups is 1. The van der Waals surface area contributed by atoms with Crippen LogP contribution in [0.2, 0.25) is 0 Å². The quantitative estimate of drug-likeness (QED) is 0.782. The lowest BCUT2D eigenvalue weighted by atomic mass is 10.1. The standard InChI is InChI=1S/C13H23N3O3/c1-13(2,3)19-12(18)16-9-8-15(11(16)17)10-4-6-14-7-5-10/h10,14H,4-9H2,1-3H3. The van der Waals surface area contributed by atoms with Crippen molar-refractivity contribution in [3.63, 3.8) is 0 Å². The predicted octanol–water partition coefficient (Wildman–Crippen LogP) is 1.41. The Bertz CT molecular complexity index is 359. The van der Waals surface area contributed by atoms with Gasteiger partial charge in [0, 0.05) is 12.6 Å². The summed E-state index contributed by atoms with van der Waals surface area (Å²) < 4.78 is 5.25. The Labute approximate surface area is 114 Å². The Morgan fingerprint density at radius 2 is 1.89 bits per heavy atom. The molecule has 6 heteroatoms. The first-order valence-corrected chi connectivity index (χ1v) is 6.90. The molecular formula is C13H23N3O3. The molecule has 0 atom stereocenters. The van der Waals surface area contributed by atoms with E-state index in [1.807, 2.05) is 4.90 Å². The molecular weight excluding hydrogens is 246 g/mol. The van der Waals surface area contributed by atoms with Crippen molar-refractivity contribution >= 4 is 12.1 Å². The lowest BCUT2D eigenvalue weighted by Crippen LogP contribution is -2.46. The molecule has 0 aromatic heterocycles. The van der Waals surface area contributed by atoms with Crippen LogP contribution in [0.15, 0.2) is 0 Å². The number of ether oxygens (including phenoxy) is 1. The maximum Gasteiger partial charge on any atom is 0.418 e. The van der Waals surface area contributed by atoms with Crippen LogP contribution in [0, 0.1) is 0 Å². The molecule has 108 valence electrons.